The molecule has 0 atom stereocenters. The number of rotatable bonds is 11. The Hall–Kier alpha value is -3.69. The number of aromatic nitrogens is 4. The minimum atomic E-state index is 0.0322. The van der Waals surface area contributed by atoms with Crippen LogP contribution in [0.25, 0.3) is 22.3 Å². The highest BCUT2D eigenvalue weighted by Crippen LogP contribution is 2.34. The van der Waals surface area contributed by atoms with E-state index in [1.807, 2.05) is 36.5 Å². The Morgan fingerprint density at radius 3 is 2.46 bits per heavy atom. The van der Waals surface area contributed by atoms with Gasteiger partial charge >= 0.3 is 0 Å². The number of aliphatic hydroxyl groups excluding tert-OH is 1. The van der Waals surface area contributed by atoms with Gasteiger partial charge in [0.05, 0.1) is 56.5 Å². The van der Waals surface area contributed by atoms with Crippen molar-refractivity contribution in [2.24, 2.45) is 0 Å². The van der Waals surface area contributed by atoms with E-state index in [9.17, 15) is 0 Å². The van der Waals surface area contributed by atoms with Crippen LogP contribution in [0.3, 0.4) is 0 Å². The number of fused-ring (bicyclic) bond motifs is 1. The van der Waals surface area contributed by atoms with Crippen LogP contribution in [0, 0.1) is 0 Å². The summed E-state index contributed by atoms with van der Waals surface area (Å²) in [5.41, 5.74) is 5.13. The summed E-state index contributed by atoms with van der Waals surface area (Å²) < 4.78 is 12.7. The fraction of sp³-hybridized carbons (Fsp3) is 0.346. The zero-order valence-corrected chi connectivity index (χ0v) is 20.6. The van der Waals surface area contributed by atoms with Gasteiger partial charge in [0.1, 0.15) is 11.5 Å². The molecule has 0 radical (unpaired) electrons. The maximum atomic E-state index is 9.16. The van der Waals surface area contributed by atoms with E-state index in [4.69, 9.17) is 19.6 Å². The van der Waals surface area contributed by atoms with Gasteiger partial charge < -0.3 is 24.8 Å². The van der Waals surface area contributed by atoms with Gasteiger partial charge in [-0.25, -0.2) is 4.98 Å². The highest BCUT2D eigenvalue weighted by atomic mass is 16.5. The largest absolute Gasteiger partial charge is 0.497 e. The van der Waals surface area contributed by atoms with E-state index in [-0.39, 0.29) is 6.61 Å². The van der Waals surface area contributed by atoms with Gasteiger partial charge in [0.15, 0.2) is 0 Å². The molecule has 0 aliphatic heterocycles. The molecule has 0 aliphatic carbocycles. The first kappa shape index (κ1) is 24.4. The lowest BCUT2D eigenvalue weighted by molar-refractivity contribution is 0.269. The molecular formula is C26H32N6O3. The number of nitrogens with zero attached hydrogens (tertiary/aromatic N) is 5. The van der Waals surface area contributed by atoms with Crippen molar-refractivity contribution in [1.29, 1.82) is 0 Å². The van der Waals surface area contributed by atoms with E-state index in [0.29, 0.717) is 12.6 Å². The van der Waals surface area contributed by atoms with E-state index >= 15 is 0 Å². The average molecular weight is 477 g/mol. The van der Waals surface area contributed by atoms with Crippen LogP contribution in [0.4, 0.5) is 11.4 Å². The monoisotopic (exact) mass is 476 g/mol. The summed E-state index contributed by atoms with van der Waals surface area (Å²) in [6.45, 7) is 6.27. The van der Waals surface area contributed by atoms with E-state index in [1.54, 1.807) is 31.3 Å². The molecule has 9 heteroatoms. The number of nitrogens with one attached hydrogen (secondary N) is 1. The van der Waals surface area contributed by atoms with Crippen molar-refractivity contribution in [1.82, 2.24) is 25.1 Å². The fourth-order valence-electron chi connectivity index (χ4n) is 3.85. The van der Waals surface area contributed by atoms with Crippen molar-refractivity contribution in [2.45, 2.75) is 26.4 Å². The van der Waals surface area contributed by atoms with Crippen LogP contribution in [-0.2, 0) is 6.54 Å². The molecule has 4 rings (SSSR count). The summed E-state index contributed by atoms with van der Waals surface area (Å²) in [6.07, 6.45) is 5.35. The highest BCUT2D eigenvalue weighted by Gasteiger charge is 2.15. The Morgan fingerprint density at radius 1 is 1.00 bits per heavy atom. The predicted octanol–water partition coefficient (Wildman–Crippen LogP) is 3.64. The Bertz CT molecular complexity index is 1250. The van der Waals surface area contributed by atoms with Gasteiger partial charge in [-0.05, 0) is 18.2 Å². The van der Waals surface area contributed by atoms with Gasteiger partial charge in [0, 0.05) is 60.5 Å². The molecule has 2 aromatic carbocycles. The molecule has 4 aromatic rings. The van der Waals surface area contributed by atoms with E-state index in [1.165, 1.54) is 0 Å². The molecular weight excluding hydrogens is 444 g/mol. The molecule has 0 bridgehead atoms. The first-order chi connectivity index (χ1) is 17.0. The summed E-state index contributed by atoms with van der Waals surface area (Å²) in [5, 5.41) is 16.9. The predicted molar refractivity (Wildman–Crippen MR) is 138 cm³/mol. The Morgan fingerprint density at radius 2 is 1.77 bits per heavy atom. The fourth-order valence-corrected chi connectivity index (χ4v) is 3.85. The van der Waals surface area contributed by atoms with Gasteiger partial charge in [-0.2, -0.15) is 5.10 Å². The van der Waals surface area contributed by atoms with Crippen molar-refractivity contribution in [3.8, 4) is 22.8 Å². The normalized spacial score (nSPS) is 11.3. The SMILES string of the molecule is COc1cc(OC)cc(N(CCNC(C)C)c2ccc3ncc(-c4cnn(CCO)c4)nc3c2)c1. The zero-order valence-electron chi connectivity index (χ0n) is 20.6. The topological polar surface area (TPSA) is 97.6 Å². The summed E-state index contributed by atoms with van der Waals surface area (Å²) in [6, 6.07) is 12.3. The molecule has 2 N–H and O–H groups in total. The molecule has 0 saturated carbocycles. The minimum absolute atomic E-state index is 0.0322. The highest BCUT2D eigenvalue weighted by molar-refractivity contribution is 5.82. The van der Waals surface area contributed by atoms with Gasteiger partial charge in [0.2, 0.25) is 0 Å². The van der Waals surface area contributed by atoms with Crippen LogP contribution in [0.15, 0.2) is 55.0 Å². The van der Waals surface area contributed by atoms with Crippen LogP contribution in [0.5, 0.6) is 11.5 Å². The Kier molecular flexibility index (Phi) is 7.79. The molecule has 184 valence electrons. The van der Waals surface area contributed by atoms with Crippen LogP contribution >= 0.6 is 0 Å². The van der Waals surface area contributed by atoms with Crippen molar-refractivity contribution < 1.29 is 14.6 Å². The second-order valence-corrected chi connectivity index (χ2v) is 8.48. The number of ether oxygens (including phenoxy) is 2. The summed E-state index contributed by atoms with van der Waals surface area (Å²) >= 11 is 0. The molecule has 0 amide bonds. The third-order valence-corrected chi connectivity index (χ3v) is 5.63. The Balaban J connectivity index is 1.73. The van der Waals surface area contributed by atoms with Crippen LogP contribution in [0.2, 0.25) is 0 Å². The third kappa shape index (κ3) is 5.87. The lowest BCUT2D eigenvalue weighted by atomic mass is 10.2. The quantitative estimate of drug-likeness (QED) is 0.339. The summed E-state index contributed by atoms with van der Waals surface area (Å²) in [5.74, 6) is 1.45. The van der Waals surface area contributed by atoms with Crippen molar-refractivity contribution in [3.63, 3.8) is 0 Å². The van der Waals surface area contributed by atoms with E-state index in [2.05, 4.69) is 40.2 Å². The maximum Gasteiger partial charge on any atom is 0.124 e. The molecule has 0 spiro atoms. The second-order valence-electron chi connectivity index (χ2n) is 8.48. The number of methoxy groups -OCH3 is 2. The standard InChI is InChI=1S/C26H32N6O3/c1-18(2)27-7-8-32(21-11-22(34-3)14-23(12-21)35-4)20-5-6-24-25(13-20)30-26(16-28-24)19-15-29-31(17-19)9-10-33/h5-6,11-18,27,33H,7-10H2,1-4H3. The van der Waals surface area contributed by atoms with Crippen LogP contribution < -0.4 is 19.7 Å². The Labute approximate surface area is 205 Å². The smallest absolute Gasteiger partial charge is 0.124 e. The number of anilines is 2. The van der Waals surface area contributed by atoms with Crippen molar-refractivity contribution >= 4 is 22.4 Å². The van der Waals surface area contributed by atoms with Crippen molar-refractivity contribution in [2.75, 3.05) is 38.8 Å². The minimum Gasteiger partial charge on any atom is -0.497 e. The molecule has 2 heterocycles. The summed E-state index contributed by atoms with van der Waals surface area (Å²) in [7, 11) is 3.30. The molecule has 0 fully saturated rings. The third-order valence-electron chi connectivity index (χ3n) is 5.63. The lowest BCUT2D eigenvalue weighted by Crippen LogP contribution is -2.32. The lowest BCUT2D eigenvalue weighted by Gasteiger charge is -2.27. The number of hydrogen-bond acceptors (Lipinski definition) is 8. The van der Waals surface area contributed by atoms with Crippen LogP contribution in [0.1, 0.15) is 13.8 Å². The van der Waals surface area contributed by atoms with E-state index in [0.717, 1.165) is 58.3 Å². The number of hydrogen-bond donors (Lipinski definition) is 2. The van der Waals surface area contributed by atoms with Gasteiger partial charge in [-0.15, -0.1) is 0 Å². The molecule has 35 heavy (non-hydrogen) atoms. The first-order valence-electron chi connectivity index (χ1n) is 11.6. The van der Waals surface area contributed by atoms with Crippen LogP contribution in [-0.4, -0.2) is 64.8 Å². The molecule has 2 aromatic heterocycles. The summed E-state index contributed by atoms with van der Waals surface area (Å²) in [4.78, 5) is 11.7. The first-order valence-corrected chi connectivity index (χ1v) is 11.6. The number of aliphatic hydroxyl groups is 1. The van der Waals surface area contributed by atoms with Gasteiger partial charge in [0.25, 0.3) is 0 Å². The molecule has 9 nitrogen and oxygen atoms in total. The number of benzene rings is 2. The van der Waals surface area contributed by atoms with Gasteiger partial charge in [-0.3, -0.25) is 9.67 Å². The second kappa shape index (κ2) is 11.2. The maximum absolute atomic E-state index is 9.16. The molecule has 0 saturated heterocycles. The van der Waals surface area contributed by atoms with Gasteiger partial charge in [-0.1, -0.05) is 13.8 Å². The van der Waals surface area contributed by atoms with Crippen molar-refractivity contribution in [3.05, 3.63) is 55.0 Å². The average Bonchev–Trinajstić information content (AvgIpc) is 3.34. The zero-order chi connectivity index (χ0) is 24.8. The van der Waals surface area contributed by atoms with E-state index < -0.39 is 0 Å². The molecule has 0 unspecified atom stereocenters. The molecule has 0 aliphatic rings.